The van der Waals surface area contributed by atoms with Crippen molar-refractivity contribution in [2.45, 2.75) is 6.92 Å². The van der Waals surface area contributed by atoms with Crippen LogP contribution in [0.5, 0.6) is 0 Å². The van der Waals surface area contributed by atoms with Crippen molar-refractivity contribution in [2.24, 2.45) is 0 Å². The van der Waals surface area contributed by atoms with E-state index in [1.54, 1.807) is 0 Å². The Morgan fingerprint density at radius 1 is 1.14 bits per heavy atom. The minimum atomic E-state index is 0.752. The molecule has 0 saturated carbocycles. The predicted octanol–water partition coefficient (Wildman–Crippen LogP) is 4.12. The molecule has 0 aliphatic carbocycles. The van der Waals surface area contributed by atoms with Crippen LogP contribution in [0.4, 0.5) is 0 Å². The highest BCUT2D eigenvalue weighted by Gasteiger charge is 2.02. The summed E-state index contributed by atoms with van der Waals surface area (Å²) in [5.74, 6) is 0. The van der Waals surface area contributed by atoms with E-state index in [-0.39, 0.29) is 0 Å². The summed E-state index contributed by atoms with van der Waals surface area (Å²) < 4.78 is 0. The van der Waals surface area contributed by atoms with Crippen LogP contribution in [0.3, 0.4) is 0 Å². The van der Waals surface area contributed by atoms with Crippen molar-refractivity contribution in [3.63, 3.8) is 0 Å². The van der Waals surface area contributed by atoms with Gasteiger partial charge in [0.05, 0.1) is 0 Å². The quantitative estimate of drug-likeness (QED) is 0.651. The van der Waals surface area contributed by atoms with Gasteiger partial charge in [0.2, 0.25) is 0 Å². The lowest BCUT2D eigenvalue weighted by Crippen LogP contribution is -1.81. The van der Waals surface area contributed by atoms with E-state index in [0.717, 1.165) is 21.7 Å². The summed E-state index contributed by atoms with van der Waals surface area (Å²) in [6, 6.07) is 17.1. The third kappa shape index (κ3) is 1.80. The zero-order valence-corrected chi connectivity index (χ0v) is 8.68. The van der Waals surface area contributed by atoms with E-state index in [1.807, 2.05) is 31.2 Å². The normalized spacial score (nSPS) is 10.1. The van der Waals surface area contributed by atoms with Gasteiger partial charge >= 0.3 is 0 Å². The zero-order chi connectivity index (χ0) is 9.97. The first-order valence-electron chi connectivity index (χ1n) is 4.50. The Kier molecular flexibility index (Phi) is 2.55. The maximum Gasteiger partial charge on any atom is 0.0490 e. The van der Waals surface area contributed by atoms with E-state index in [9.17, 15) is 0 Å². The first-order valence-corrected chi connectivity index (χ1v) is 4.88. The lowest BCUT2D eigenvalue weighted by atomic mass is 10.0. The molecule has 14 heavy (non-hydrogen) atoms. The van der Waals surface area contributed by atoms with Crippen LogP contribution in [0, 0.1) is 13.0 Å². The Labute approximate surface area is 89.2 Å². The van der Waals surface area contributed by atoms with Crippen LogP contribution in [-0.4, -0.2) is 0 Å². The summed E-state index contributed by atoms with van der Waals surface area (Å²) in [5, 5.41) is 0.752. The predicted molar refractivity (Wildman–Crippen MR) is 60.5 cm³/mol. The Hall–Kier alpha value is -1.27. The van der Waals surface area contributed by atoms with Gasteiger partial charge in [-0.1, -0.05) is 41.9 Å². The van der Waals surface area contributed by atoms with Gasteiger partial charge in [0, 0.05) is 10.6 Å². The first kappa shape index (κ1) is 9.29. The second-order valence-corrected chi connectivity index (χ2v) is 3.65. The van der Waals surface area contributed by atoms with Crippen LogP contribution in [-0.2, 0) is 0 Å². The number of halogens is 1. The smallest absolute Gasteiger partial charge is 0.0490 e. The van der Waals surface area contributed by atoms with Crippen molar-refractivity contribution in [1.82, 2.24) is 0 Å². The Morgan fingerprint density at radius 2 is 1.86 bits per heavy atom. The average molecular weight is 202 g/mol. The van der Waals surface area contributed by atoms with Crippen molar-refractivity contribution in [3.8, 4) is 11.1 Å². The molecule has 1 heteroatoms. The number of hydrogen-bond acceptors (Lipinski definition) is 0. The highest BCUT2D eigenvalue weighted by molar-refractivity contribution is 6.33. The van der Waals surface area contributed by atoms with Crippen molar-refractivity contribution < 1.29 is 0 Å². The summed E-state index contributed by atoms with van der Waals surface area (Å²) >= 11 is 6.10. The lowest BCUT2D eigenvalue weighted by Gasteiger charge is -2.04. The van der Waals surface area contributed by atoms with E-state index >= 15 is 0 Å². The van der Waals surface area contributed by atoms with Crippen LogP contribution in [0.15, 0.2) is 42.5 Å². The van der Waals surface area contributed by atoms with Gasteiger partial charge in [-0.3, -0.25) is 0 Å². The van der Waals surface area contributed by atoms with Crippen molar-refractivity contribution in [3.05, 3.63) is 59.1 Å². The molecule has 0 spiro atoms. The fourth-order valence-electron chi connectivity index (χ4n) is 1.42. The summed E-state index contributed by atoms with van der Waals surface area (Å²) in [6.07, 6.45) is 0. The fourth-order valence-corrected chi connectivity index (χ4v) is 1.64. The third-order valence-electron chi connectivity index (χ3n) is 2.13. The minimum absolute atomic E-state index is 0.752. The second kappa shape index (κ2) is 3.85. The summed E-state index contributed by atoms with van der Waals surface area (Å²) in [6.45, 7) is 2.02. The zero-order valence-electron chi connectivity index (χ0n) is 7.92. The van der Waals surface area contributed by atoms with Crippen molar-refractivity contribution >= 4 is 11.6 Å². The monoisotopic (exact) mass is 201 g/mol. The van der Waals surface area contributed by atoms with Crippen molar-refractivity contribution in [2.75, 3.05) is 0 Å². The molecule has 0 heterocycles. The van der Waals surface area contributed by atoms with E-state index in [0.29, 0.717) is 0 Å². The van der Waals surface area contributed by atoms with Gasteiger partial charge in [0.15, 0.2) is 0 Å². The van der Waals surface area contributed by atoms with Gasteiger partial charge in [-0.15, -0.1) is 0 Å². The molecule has 0 amide bonds. The van der Waals surface area contributed by atoms with E-state index < -0.39 is 0 Å². The lowest BCUT2D eigenvalue weighted by molar-refractivity contribution is 1.45. The van der Waals surface area contributed by atoms with Gasteiger partial charge in [-0.05, 0) is 36.2 Å². The summed E-state index contributed by atoms with van der Waals surface area (Å²) in [7, 11) is 0. The topological polar surface area (TPSA) is 0 Å². The fraction of sp³-hybridized carbons (Fsp3) is 0.0769. The molecule has 0 aliphatic heterocycles. The number of aryl methyl sites for hydroxylation is 1. The Bertz CT molecular complexity index is 432. The molecule has 2 aromatic carbocycles. The molecule has 2 aromatic rings. The van der Waals surface area contributed by atoms with Gasteiger partial charge in [0.25, 0.3) is 0 Å². The van der Waals surface area contributed by atoms with Crippen LogP contribution >= 0.6 is 11.6 Å². The van der Waals surface area contributed by atoms with Gasteiger partial charge < -0.3 is 0 Å². The highest BCUT2D eigenvalue weighted by Crippen LogP contribution is 2.27. The SMILES string of the molecule is Cc1[c]cc(Cl)c(-c2ccccc2)c1. The van der Waals surface area contributed by atoms with Crippen LogP contribution < -0.4 is 0 Å². The molecule has 0 unspecified atom stereocenters. The standard InChI is InChI=1S/C13H10Cl/c1-10-7-8-13(14)12(9-10)11-5-3-2-4-6-11/h2-6,8-9H,1H3. The van der Waals surface area contributed by atoms with E-state index in [2.05, 4.69) is 24.3 Å². The number of hydrogen-bond donors (Lipinski definition) is 0. The Balaban J connectivity index is 2.57. The molecule has 0 nitrogen and oxygen atoms in total. The van der Waals surface area contributed by atoms with E-state index in [4.69, 9.17) is 11.6 Å². The summed E-state index contributed by atoms with van der Waals surface area (Å²) in [5.41, 5.74) is 3.33. The maximum atomic E-state index is 6.10. The molecule has 0 atom stereocenters. The second-order valence-electron chi connectivity index (χ2n) is 3.24. The van der Waals surface area contributed by atoms with Gasteiger partial charge in [0.1, 0.15) is 0 Å². The molecule has 0 aromatic heterocycles. The average Bonchev–Trinajstić information content (AvgIpc) is 2.23. The largest absolute Gasteiger partial charge is 0.0836 e. The molecule has 0 aliphatic rings. The molecule has 69 valence electrons. The molecule has 0 N–H and O–H groups in total. The molecule has 1 radical (unpaired) electrons. The highest BCUT2D eigenvalue weighted by atomic mass is 35.5. The molecular weight excluding hydrogens is 192 g/mol. The van der Waals surface area contributed by atoms with Crippen LogP contribution in [0.2, 0.25) is 5.02 Å². The third-order valence-corrected chi connectivity index (χ3v) is 2.44. The molecule has 0 bridgehead atoms. The molecule has 0 saturated heterocycles. The molecule has 0 fully saturated rings. The van der Waals surface area contributed by atoms with Crippen molar-refractivity contribution in [1.29, 1.82) is 0 Å². The van der Waals surface area contributed by atoms with Gasteiger partial charge in [-0.2, -0.15) is 0 Å². The van der Waals surface area contributed by atoms with E-state index in [1.165, 1.54) is 0 Å². The Morgan fingerprint density at radius 3 is 2.57 bits per heavy atom. The van der Waals surface area contributed by atoms with Crippen LogP contribution in [0.1, 0.15) is 5.56 Å². The first-order chi connectivity index (χ1) is 6.77. The minimum Gasteiger partial charge on any atom is -0.0836 e. The molecular formula is C13H10Cl. The number of benzene rings is 2. The molecule has 2 rings (SSSR count). The number of rotatable bonds is 1. The maximum absolute atomic E-state index is 6.10. The van der Waals surface area contributed by atoms with Crippen LogP contribution in [0.25, 0.3) is 11.1 Å². The van der Waals surface area contributed by atoms with Gasteiger partial charge in [-0.25, -0.2) is 0 Å². The summed E-state index contributed by atoms with van der Waals surface area (Å²) in [4.78, 5) is 0.